The minimum absolute atomic E-state index is 0.0115. The van der Waals surface area contributed by atoms with Gasteiger partial charge in [-0.3, -0.25) is 0 Å². The summed E-state index contributed by atoms with van der Waals surface area (Å²) in [5, 5.41) is 12.3. The normalized spacial score (nSPS) is 18.6. The van der Waals surface area contributed by atoms with E-state index in [9.17, 15) is 9.90 Å². The molecule has 1 fully saturated rings. The van der Waals surface area contributed by atoms with Crippen molar-refractivity contribution in [2.24, 2.45) is 0 Å². The van der Waals surface area contributed by atoms with Crippen LogP contribution in [0.25, 0.3) is 0 Å². The molecule has 2 amide bonds. The van der Waals surface area contributed by atoms with Crippen molar-refractivity contribution in [1.82, 2.24) is 10.2 Å². The quantitative estimate of drug-likeness (QED) is 0.874. The summed E-state index contributed by atoms with van der Waals surface area (Å²) in [5.41, 5.74) is 2.58. The minimum atomic E-state index is -0.0427. The fourth-order valence-electron chi connectivity index (χ4n) is 2.81. The Morgan fingerprint density at radius 2 is 2.00 bits per heavy atom. The second-order valence-corrected chi connectivity index (χ2v) is 5.68. The lowest BCUT2D eigenvalue weighted by atomic mass is 10.0. The molecule has 0 radical (unpaired) electrons. The summed E-state index contributed by atoms with van der Waals surface area (Å²) in [7, 11) is 0. The van der Waals surface area contributed by atoms with Crippen LogP contribution in [0.4, 0.5) is 4.79 Å². The number of hydrogen-bond donors (Lipinski definition) is 2. The Hall–Kier alpha value is -1.55. The molecular formula is C17H26N2O2. The molecule has 1 aromatic rings. The predicted octanol–water partition coefficient (Wildman–Crippen LogP) is 2.35. The Balaban J connectivity index is 1.77. The van der Waals surface area contributed by atoms with Crippen LogP contribution < -0.4 is 5.32 Å². The van der Waals surface area contributed by atoms with Crippen molar-refractivity contribution >= 4 is 6.03 Å². The molecule has 1 aliphatic rings. The number of carbonyl (C=O) groups is 1. The van der Waals surface area contributed by atoms with E-state index in [1.165, 1.54) is 11.1 Å². The third-order valence-electron chi connectivity index (χ3n) is 4.22. The summed E-state index contributed by atoms with van der Waals surface area (Å²) in [6, 6.07) is 8.49. The molecule has 1 atom stereocenters. The van der Waals surface area contributed by atoms with E-state index < -0.39 is 0 Å². The summed E-state index contributed by atoms with van der Waals surface area (Å²) in [5.74, 6) is 0. The van der Waals surface area contributed by atoms with E-state index in [4.69, 9.17) is 0 Å². The first kappa shape index (κ1) is 15.8. The lowest BCUT2D eigenvalue weighted by Gasteiger charge is -2.34. The maximum atomic E-state index is 12.2. The van der Waals surface area contributed by atoms with Gasteiger partial charge in [-0.1, -0.05) is 31.2 Å². The molecular weight excluding hydrogens is 264 g/mol. The van der Waals surface area contributed by atoms with Crippen LogP contribution in [0.3, 0.4) is 0 Å². The van der Waals surface area contributed by atoms with Gasteiger partial charge in [0.05, 0.1) is 12.6 Å². The molecule has 4 nitrogen and oxygen atoms in total. The van der Waals surface area contributed by atoms with Gasteiger partial charge in [-0.25, -0.2) is 4.79 Å². The summed E-state index contributed by atoms with van der Waals surface area (Å²) >= 11 is 0. The zero-order valence-electron chi connectivity index (χ0n) is 12.8. The molecule has 1 unspecified atom stereocenters. The van der Waals surface area contributed by atoms with Crippen molar-refractivity contribution in [1.29, 1.82) is 0 Å². The summed E-state index contributed by atoms with van der Waals surface area (Å²) in [4.78, 5) is 13.9. The van der Waals surface area contributed by atoms with Crippen LogP contribution in [0, 0.1) is 0 Å². The maximum absolute atomic E-state index is 12.2. The standard InChI is InChI=1S/C17H26N2O2/c1-2-14-6-8-15(9-7-14)10-11-18-17(21)19-12-4-3-5-16(19)13-20/h6-9,16,20H,2-5,10-13H2,1H3,(H,18,21). The number of likely N-dealkylation sites (tertiary alicyclic amines) is 1. The third kappa shape index (κ3) is 4.46. The first-order chi connectivity index (χ1) is 10.2. The predicted molar refractivity (Wildman–Crippen MR) is 84.4 cm³/mol. The largest absolute Gasteiger partial charge is 0.394 e. The summed E-state index contributed by atoms with van der Waals surface area (Å²) < 4.78 is 0. The Morgan fingerprint density at radius 3 is 2.67 bits per heavy atom. The van der Waals surface area contributed by atoms with E-state index in [1.54, 1.807) is 4.90 Å². The number of nitrogens with zero attached hydrogens (tertiary/aromatic N) is 1. The van der Waals surface area contributed by atoms with Crippen molar-refractivity contribution in [2.45, 2.75) is 45.1 Å². The monoisotopic (exact) mass is 290 g/mol. The number of aryl methyl sites for hydroxylation is 1. The highest BCUT2D eigenvalue weighted by Crippen LogP contribution is 2.16. The summed E-state index contributed by atoms with van der Waals surface area (Å²) in [6.45, 7) is 3.60. The van der Waals surface area contributed by atoms with Crippen LogP contribution >= 0.6 is 0 Å². The Labute approximate surface area is 127 Å². The van der Waals surface area contributed by atoms with Gasteiger partial charge < -0.3 is 15.3 Å². The molecule has 0 aromatic heterocycles. The first-order valence-corrected chi connectivity index (χ1v) is 7.97. The Bertz CT molecular complexity index is 445. The van der Waals surface area contributed by atoms with E-state index >= 15 is 0 Å². The average Bonchev–Trinajstić information content (AvgIpc) is 2.55. The van der Waals surface area contributed by atoms with Gasteiger partial charge in [-0.2, -0.15) is 0 Å². The number of benzene rings is 1. The third-order valence-corrected chi connectivity index (χ3v) is 4.22. The molecule has 1 saturated heterocycles. The maximum Gasteiger partial charge on any atom is 0.317 e. The molecule has 0 aliphatic carbocycles. The molecule has 0 spiro atoms. The van der Waals surface area contributed by atoms with Crippen molar-refractivity contribution in [3.63, 3.8) is 0 Å². The zero-order chi connectivity index (χ0) is 15.1. The van der Waals surface area contributed by atoms with Crippen LogP contribution in [0.5, 0.6) is 0 Å². The molecule has 1 aromatic carbocycles. The van der Waals surface area contributed by atoms with Gasteiger partial charge in [0.15, 0.2) is 0 Å². The number of hydrogen-bond acceptors (Lipinski definition) is 2. The van der Waals surface area contributed by atoms with Crippen LogP contribution in [-0.4, -0.2) is 41.8 Å². The molecule has 2 rings (SSSR count). The topological polar surface area (TPSA) is 52.6 Å². The lowest BCUT2D eigenvalue weighted by molar-refractivity contribution is 0.108. The van der Waals surface area contributed by atoms with Gasteiger partial charge in [0.25, 0.3) is 0 Å². The number of piperidine rings is 1. The van der Waals surface area contributed by atoms with Gasteiger partial charge in [0.1, 0.15) is 0 Å². The number of carbonyl (C=O) groups excluding carboxylic acids is 1. The highest BCUT2D eigenvalue weighted by Gasteiger charge is 2.25. The SMILES string of the molecule is CCc1ccc(CCNC(=O)N2CCCCC2CO)cc1. The number of nitrogens with one attached hydrogen (secondary N) is 1. The smallest absolute Gasteiger partial charge is 0.317 e. The highest BCUT2D eigenvalue weighted by atomic mass is 16.3. The second kappa shape index (κ2) is 8.03. The van der Waals surface area contributed by atoms with Gasteiger partial charge >= 0.3 is 6.03 Å². The van der Waals surface area contributed by atoms with E-state index in [-0.39, 0.29) is 18.7 Å². The fraction of sp³-hybridized carbons (Fsp3) is 0.588. The first-order valence-electron chi connectivity index (χ1n) is 7.97. The molecule has 1 aliphatic heterocycles. The Kier molecular flexibility index (Phi) is 6.05. The fourth-order valence-corrected chi connectivity index (χ4v) is 2.81. The van der Waals surface area contributed by atoms with E-state index in [0.717, 1.165) is 38.6 Å². The van der Waals surface area contributed by atoms with Gasteiger partial charge in [-0.05, 0) is 43.2 Å². The van der Waals surface area contributed by atoms with Crippen LogP contribution in [0.2, 0.25) is 0 Å². The number of rotatable bonds is 5. The number of urea groups is 1. The highest BCUT2D eigenvalue weighted by molar-refractivity contribution is 5.74. The van der Waals surface area contributed by atoms with E-state index in [2.05, 4.69) is 36.5 Å². The lowest BCUT2D eigenvalue weighted by Crippen LogP contribution is -2.50. The van der Waals surface area contributed by atoms with Crippen LogP contribution in [-0.2, 0) is 12.8 Å². The van der Waals surface area contributed by atoms with Crippen molar-refractivity contribution in [3.05, 3.63) is 35.4 Å². The molecule has 21 heavy (non-hydrogen) atoms. The number of aliphatic hydroxyl groups excluding tert-OH is 1. The average molecular weight is 290 g/mol. The molecule has 0 bridgehead atoms. The van der Waals surface area contributed by atoms with Crippen LogP contribution in [0.15, 0.2) is 24.3 Å². The van der Waals surface area contributed by atoms with Crippen molar-refractivity contribution in [2.75, 3.05) is 19.7 Å². The van der Waals surface area contributed by atoms with Gasteiger partial charge in [-0.15, -0.1) is 0 Å². The van der Waals surface area contributed by atoms with E-state index in [1.807, 2.05) is 0 Å². The minimum Gasteiger partial charge on any atom is -0.394 e. The molecule has 2 N–H and O–H groups in total. The number of amides is 2. The van der Waals surface area contributed by atoms with Crippen molar-refractivity contribution < 1.29 is 9.90 Å². The van der Waals surface area contributed by atoms with Crippen LogP contribution in [0.1, 0.15) is 37.3 Å². The van der Waals surface area contributed by atoms with Gasteiger partial charge in [0, 0.05) is 13.1 Å². The molecule has 4 heteroatoms. The number of aliphatic hydroxyl groups is 1. The Morgan fingerprint density at radius 1 is 1.29 bits per heavy atom. The summed E-state index contributed by atoms with van der Waals surface area (Å²) in [6.07, 6.45) is 4.92. The van der Waals surface area contributed by atoms with E-state index in [0.29, 0.717) is 6.54 Å². The zero-order valence-corrected chi connectivity index (χ0v) is 12.8. The van der Waals surface area contributed by atoms with Gasteiger partial charge in [0.2, 0.25) is 0 Å². The molecule has 0 saturated carbocycles. The molecule has 116 valence electrons. The van der Waals surface area contributed by atoms with Crippen molar-refractivity contribution in [3.8, 4) is 0 Å². The second-order valence-electron chi connectivity index (χ2n) is 5.68. The molecule has 1 heterocycles.